The van der Waals surface area contributed by atoms with Crippen LogP contribution in [0.4, 0.5) is 0 Å². The monoisotopic (exact) mass is 285 g/mol. The normalized spacial score (nSPS) is 10.7. The lowest BCUT2D eigenvalue weighted by Crippen LogP contribution is -1.87. The Morgan fingerprint density at radius 2 is 2.00 bits per heavy atom. The van der Waals surface area contributed by atoms with Crippen molar-refractivity contribution in [3.8, 4) is 17.0 Å². The third-order valence-electron chi connectivity index (χ3n) is 3.30. The number of nitrogens with one attached hydrogen (secondary N) is 1. The highest BCUT2D eigenvalue weighted by atomic mass is 35.5. The van der Waals surface area contributed by atoms with Crippen LogP contribution in [0, 0.1) is 0 Å². The number of benzene rings is 2. The molecule has 0 saturated carbocycles. The first kappa shape index (κ1) is 12.8. The van der Waals surface area contributed by atoms with Crippen molar-refractivity contribution in [2.45, 2.75) is 0 Å². The van der Waals surface area contributed by atoms with Crippen LogP contribution in [0.1, 0.15) is 10.4 Å². The number of aromatic nitrogens is 1. The summed E-state index contributed by atoms with van der Waals surface area (Å²) < 4.78 is 5.14. The van der Waals surface area contributed by atoms with Gasteiger partial charge in [0.25, 0.3) is 0 Å². The highest BCUT2D eigenvalue weighted by Crippen LogP contribution is 2.33. The second-order valence-electron chi connectivity index (χ2n) is 4.43. The predicted molar refractivity (Wildman–Crippen MR) is 80.7 cm³/mol. The lowest BCUT2D eigenvalue weighted by atomic mass is 10.1. The van der Waals surface area contributed by atoms with Crippen molar-refractivity contribution < 1.29 is 9.53 Å². The maximum Gasteiger partial charge on any atom is 0.152 e. The summed E-state index contributed by atoms with van der Waals surface area (Å²) in [6, 6.07) is 13.2. The summed E-state index contributed by atoms with van der Waals surface area (Å²) in [6.45, 7) is 0. The molecule has 0 saturated heterocycles. The van der Waals surface area contributed by atoms with Crippen LogP contribution in [-0.2, 0) is 0 Å². The molecular formula is C16H12ClNO2. The number of para-hydroxylation sites is 1. The number of carbonyl (C=O) groups excluding carboxylic acids is 1. The molecule has 20 heavy (non-hydrogen) atoms. The van der Waals surface area contributed by atoms with E-state index in [0.29, 0.717) is 16.3 Å². The molecule has 1 aromatic heterocycles. The zero-order chi connectivity index (χ0) is 14.1. The molecule has 100 valence electrons. The van der Waals surface area contributed by atoms with Gasteiger partial charge in [0.1, 0.15) is 5.75 Å². The molecule has 0 aliphatic rings. The molecule has 0 bridgehead atoms. The highest BCUT2D eigenvalue weighted by Gasteiger charge is 2.13. The summed E-state index contributed by atoms with van der Waals surface area (Å²) in [5, 5.41) is 1.42. The standard InChI is InChI=1S/C16H12ClNO2/c1-20-15-7-6-10(8-13(15)17)16-12(9-19)11-4-2-3-5-14(11)18-16/h2-9,18H,1H3. The van der Waals surface area contributed by atoms with Gasteiger partial charge >= 0.3 is 0 Å². The van der Waals surface area contributed by atoms with Crippen molar-refractivity contribution in [3.05, 3.63) is 53.1 Å². The largest absolute Gasteiger partial charge is 0.495 e. The quantitative estimate of drug-likeness (QED) is 0.729. The molecule has 0 aliphatic carbocycles. The Morgan fingerprint density at radius 1 is 1.20 bits per heavy atom. The van der Waals surface area contributed by atoms with Gasteiger partial charge in [0.2, 0.25) is 0 Å². The average Bonchev–Trinajstić information content (AvgIpc) is 2.85. The third kappa shape index (κ3) is 1.96. The molecule has 0 aliphatic heterocycles. The van der Waals surface area contributed by atoms with Crippen molar-refractivity contribution in [2.24, 2.45) is 0 Å². The van der Waals surface area contributed by atoms with Crippen LogP contribution >= 0.6 is 11.6 Å². The van der Waals surface area contributed by atoms with Gasteiger partial charge in [-0.2, -0.15) is 0 Å². The van der Waals surface area contributed by atoms with E-state index < -0.39 is 0 Å². The summed E-state index contributed by atoms with van der Waals surface area (Å²) in [7, 11) is 1.57. The van der Waals surface area contributed by atoms with Gasteiger partial charge in [-0.3, -0.25) is 4.79 Å². The minimum absolute atomic E-state index is 0.514. The molecule has 0 unspecified atom stereocenters. The molecule has 3 aromatic rings. The Hall–Kier alpha value is -2.26. The predicted octanol–water partition coefficient (Wildman–Crippen LogP) is 4.31. The Balaban J connectivity index is 2.23. The molecule has 1 heterocycles. The summed E-state index contributed by atoms with van der Waals surface area (Å²) in [5.74, 6) is 0.610. The number of carbonyl (C=O) groups is 1. The van der Waals surface area contributed by atoms with Crippen molar-refractivity contribution in [1.29, 1.82) is 0 Å². The van der Waals surface area contributed by atoms with Crippen molar-refractivity contribution in [2.75, 3.05) is 7.11 Å². The fraction of sp³-hybridized carbons (Fsp3) is 0.0625. The lowest BCUT2D eigenvalue weighted by Gasteiger charge is -2.05. The minimum atomic E-state index is 0.514. The lowest BCUT2D eigenvalue weighted by molar-refractivity contribution is 0.112. The number of methoxy groups -OCH3 is 1. The van der Waals surface area contributed by atoms with E-state index >= 15 is 0 Å². The number of aromatic amines is 1. The second-order valence-corrected chi connectivity index (χ2v) is 4.83. The third-order valence-corrected chi connectivity index (χ3v) is 3.60. The molecule has 3 rings (SSSR count). The molecular weight excluding hydrogens is 274 g/mol. The van der Waals surface area contributed by atoms with E-state index in [1.165, 1.54) is 0 Å². The first-order valence-electron chi connectivity index (χ1n) is 6.14. The maximum atomic E-state index is 11.4. The van der Waals surface area contributed by atoms with Gasteiger partial charge < -0.3 is 9.72 Å². The number of hydrogen-bond acceptors (Lipinski definition) is 2. The zero-order valence-corrected chi connectivity index (χ0v) is 11.6. The van der Waals surface area contributed by atoms with E-state index in [-0.39, 0.29) is 0 Å². The average molecular weight is 286 g/mol. The summed E-state index contributed by atoms with van der Waals surface area (Å²) in [5.41, 5.74) is 3.19. The number of fused-ring (bicyclic) bond motifs is 1. The summed E-state index contributed by atoms with van der Waals surface area (Å²) in [4.78, 5) is 14.7. The van der Waals surface area contributed by atoms with E-state index in [4.69, 9.17) is 16.3 Å². The number of halogens is 1. The van der Waals surface area contributed by atoms with Crippen LogP contribution in [0.3, 0.4) is 0 Å². The summed E-state index contributed by atoms with van der Waals surface area (Å²) in [6.07, 6.45) is 0.867. The Bertz CT molecular complexity index is 792. The van der Waals surface area contributed by atoms with E-state index in [0.717, 1.165) is 28.4 Å². The van der Waals surface area contributed by atoms with Gasteiger partial charge in [0.15, 0.2) is 6.29 Å². The number of H-pyrrole nitrogens is 1. The van der Waals surface area contributed by atoms with E-state index in [9.17, 15) is 4.79 Å². The minimum Gasteiger partial charge on any atom is -0.495 e. The van der Waals surface area contributed by atoms with Gasteiger partial charge in [-0.1, -0.05) is 29.8 Å². The van der Waals surface area contributed by atoms with Crippen LogP contribution in [0.25, 0.3) is 22.2 Å². The van der Waals surface area contributed by atoms with Gasteiger partial charge in [-0.25, -0.2) is 0 Å². The van der Waals surface area contributed by atoms with E-state index in [1.54, 1.807) is 19.2 Å². The number of hydrogen-bond donors (Lipinski definition) is 1. The summed E-state index contributed by atoms with van der Waals surface area (Å²) >= 11 is 6.15. The maximum absolute atomic E-state index is 11.4. The fourth-order valence-corrected chi connectivity index (χ4v) is 2.59. The van der Waals surface area contributed by atoms with Crippen molar-refractivity contribution in [1.82, 2.24) is 4.98 Å². The number of aldehydes is 1. The molecule has 4 heteroatoms. The molecule has 0 atom stereocenters. The van der Waals surface area contributed by atoms with Gasteiger partial charge in [0, 0.05) is 22.0 Å². The Labute approximate surface area is 121 Å². The molecule has 2 aromatic carbocycles. The van der Waals surface area contributed by atoms with Gasteiger partial charge in [-0.15, -0.1) is 0 Å². The Kier molecular flexibility index (Phi) is 3.20. The van der Waals surface area contributed by atoms with Crippen LogP contribution in [0.15, 0.2) is 42.5 Å². The molecule has 0 radical (unpaired) electrons. The SMILES string of the molecule is COc1ccc(-c2[nH]c3ccccc3c2C=O)cc1Cl. The van der Waals surface area contributed by atoms with Crippen LogP contribution < -0.4 is 4.74 Å². The highest BCUT2D eigenvalue weighted by molar-refractivity contribution is 6.32. The van der Waals surface area contributed by atoms with Crippen LogP contribution in [-0.4, -0.2) is 18.4 Å². The molecule has 1 N–H and O–H groups in total. The molecule has 0 fully saturated rings. The zero-order valence-electron chi connectivity index (χ0n) is 10.8. The van der Waals surface area contributed by atoms with Gasteiger partial charge in [0.05, 0.1) is 17.8 Å². The Morgan fingerprint density at radius 3 is 2.70 bits per heavy atom. The molecule has 0 spiro atoms. The van der Waals surface area contributed by atoms with Crippen molar-refractivity contribution in [3.63, 3.8) is 0 Å². The smallest absolute Gasteiger partial charge is 0.152 e. The van der Waals surface area contributed by atoms with Crippen LogP contribution in [0.2, 0.25) is 5.02 Å². The van der Waals surface area contributed by atoms with E-state index in [2.05, 4.69) is 4.98 Å². The van der Waals surface area contributed by atoms with Crippen molar-refractivity contribution >= 4 is 28.8 Å². The number of rotatable bonds is 3. The molecule has 3 nitrogen and oxygen atoms in total. The topological polar surface area (TPSA) is 42.1 Å². The van der Waals surface area contributed by atoms with Gasteiger partial charge in [-0.05, 0) is 24.3 Å². The van der Waals surface area contributed by atoms with Crippen LogP contribution in [0.5, 0.6) is 5.75 Å². The fourth-order valence-electron chi connectivity index (χ4n) is 2.34. The first-order valence-corrected chi connectivity index (χ1v) is 6.52. The number of ether oxygens (including phenoxy) is 1. The van der Waals surface area contributed by atoms with E-state index in [1.807, 2.05) is 30.3 Å². The second kappa shape index (κ2) is 5.02. The first-order chi connectivity index (χ1) is 9.74. The molecule has 0 amide bonds.